The molecule has 1 aliphatic heterocycles. The molecule has 0 spiro atoms. The average Bonchev–Trinajstić information content (AvgIpc) is 2.30. The summed E-state index contributed by atoms with van der Waals surface area (Å²) in [5.41, 5.74) is 1.53. The minimum Gasteiger partial charge on any atom is -0.374 e. The van der Waals surface area contributed by atoms with Crippen molar-refractivity contribution in [2.24, 2.45) is 0 Å². The van der Waals surface area contributed by atoms with E-state index in [9.17, 15) is 10.2 Å². The molecule has 1 aromatic carbocycles. The minimum absolute atomic E-state index is 0. The molecule has 0 saturated carbocycles. The normalized spacial score (nSPS) is 26.2. The Balaban J connectivity index is 0.000000720. The molecule has 0 aromatic heterocycles. The SMILES string of the molecule is Br.OC1NC(O)c2ccccc21. The summed E-state index contributed by atoms with van der Waals surface area (Å²) in [6, 6.07) is 7.26. The molecule has 0 radical (unpaired) electrons. The number of fused-ring (bicyclic) bond motifs is 1. The Kier molecular flexibility index (Phi) is 2.85. The van der Waals surface area contributed by atoms with E-state index in [0.29, 0.717) is 0 Å². The fourth-order valence-electron chi connectivity index (χ4n) is 1.34. The Morgan fingerprint density at radius 2 is 1.42 bits per heavy atom. The van der Waals surface area contributed by atoms with Crippen LogP contribution in [-0.4, -0.2) is 10.2 Å². The van der Waals surface area contributed by atoms with E-state index in [0.717, 1.165) is 11.1 Å². The zero-order valence-electron chi connectivity index (χ0n) is 6.27. The highest BCUT2D eigenvalue weighted by molar-refractivity contribution is 8.93. The van der Waals surface area contributed by atoms with Gasteiger partial charge in [0, 0.05) is 11.1 Å². The minimum atomic E-state index is -0.721. The molecule has 0 saturated heterocycles. The first kappa shape index (κ1) is 9.67. The summed E-state index contributed by atoms with van der Waals surface area (Å²) in [6.45, 7) is 0. The van der Waals surface area contributed by atoms with Crippen LogP contribution < -0.4 is 5.32 Å². The first-order valence-corrected chi connectivity index (χ1v) is 3.50. The maximum Gasteiger partial charge on any atom is 0.133 e. The third-order valence-electron chi connectivity index (χ3n) is 1.90. The lowest BCUT2D eigenvalue weighted by atomic mass is 10.1. The molecule has 1 aromatic rings. The van der Waals surface area contributed by atoms with Crippen LogP contribution in [0.1, 0.15) is 23.6 Å². The number of aliphatic hydroxyl groups is 2. The lowest BCUT2D eigenvalue weighted by molar-refractivity contribution is 0.0671. The van der Waals surface area contributed by atoms with Crippen LogP contribution in [0.15, 0.2) is 24.3 Å². The second-order valence-corrected chi connectivity index (χ2v) is 2.60. The second-order valence-electron chi connectivity index (χ2n) is 2.60. The summed E-state index contributed by atoms with van der Waals surface area (Å²) in [5, 5.41) is 21.2. The van der Waals surface area contributed by atoms with Crippen LogP contribution in [0.2, 0.25) is 0 Å². The highest BCUT2D eigenvalue weighted by atomic mass is 79.9. The van der Waals surface area contributed by atoms with Crippen molar-refractivity contribution in [1.29, 1.82) is 0 Å². The van der Waals surface area contributed by atoms with E-state index in [4.69, 9.17) is 0 Å². The molecule has 1 heterocycles. The summed E-state index contributed by atoms with van der Waals surface area (Å²) in [4.78, 5) is 0. The molecule has 2 rings (SSSR count). The maximum absolute atomic E-state index is 9.28. The zero-order valence-corrected chi connectivity index (χ0v) is 7.98. The number of rotatable bonds is 0. The third-order valence-corrected chi connectivity index (χ3v) is 1.90. The summed E-state index contributed by atoms with van der Waals surface area (Å²) in [7, 11) is 0. The fraction of sp³-hybridized carbons (Fsp3) is 0.250. The molecule has 0 amide bonds. The van der Waals surface area contributed by atoms with Gasteiger partial charge in [-0.05, 0) is 0 Å². The van der Waals surface area contributed by atoms with E-state index in [1.807, 2.05) is 12.1 Å². The molecule has 1 aliphatic rings. The number of aliphatic hydroxyl groups excluding tert-OH is 2. The van der Waals surface area contributed by atoms with Gasteiger partial charge in [0.2, 0.25) is 0 Å². The van der Waals surface area contributed by atoms with Crippen molar-refractivity contribution < 1.29 is 10.2 Å². The highest BCUT2D eigenvalue weighted by Gasteiger charge is 2.25. The summed E-state index contributed by atoms with van der Waals surface area (Å²) in [5.74, 6) is 0. The molecular weight excluding hydrogens is 222 g/mol. The molecule has 3 N–H and O–H groups in total. The largest absolute Gasteiger partial charge is 0.374 e. The molecule has 2 atom stereocenters. The summed E-state index contributed by atoms with van der Waals surface area (Å²) in [6.07, 6.45) is -1.44. The van der Waals surface area contributed by atoms with E-state index < -0.39 is 12.5 Å². The standard InChI is InChI=1S/C8H9NO2.BrH/c10-7-5-3-1-2-4-6(5)8(11)9-7;/h1-4,7-11H;1H. The van der Waals surface area contributed by atoms with E-state index in [1.165, 1.54) is 0 Å². The van der Waals surface area contributed by atoms with Crippen LogP contribution in [0.3, 0.4) is 0 Å². The summed E-state index contributed by atoms with van der Waals surface area (Å²) < 4.78 is 0. The monoisotopic (exact) mass is 231 g/mol. The molecule has 0 bridgehead atoms. The number of nitrogens with one attached hydrogen (secondary N) is 1. The molecular formula is C8H10BrNO2. The van der Waals surface area contributed by atoms with Crippen LogP contribution in [0.5, 0.6) is 0 Å². The van der Waals surface area contributed by atoms with Gasteiger partial charge in [0.25, 0.3) is 0 Å². The molecule has 0 fully saturated rings. The first-order valence-electron chi connectivity index (χ1n) is 3.50. The lowest BCUT2D eigenvalue weighted by Crippen LogP contribution is -2.16. The van der Waals surface area contributed by atoms with Crippen molar-refractivity contribution in [3.63, 3.8) is 0 Å². The number of benzene rings is 1. The van der Waals surface area contributed by atoms with Gasteiger partial charge in [-0.25, -0.2) is 0 Å². The van der Waals surface area contributed by atoms with Gasteiger partial charge in [-0.3, -0.25) is 5.32 Å². The molecule has 3 nitrogen and oxygen atoms in total. The van der Waals surface area contributed by atoms with Gasteiger partial charge in [0.1, 0.15) is 12.5 Å². The van der Waals surface area contributed by atoms with Gasteiger partial charge < -0.3 is 10.2 Å². The fourth-order valence-corrected chi connectivity index (χ4v) is 1.34. The van der Waals surface area contributed by atoms with Gasteiger partial charge in [-0.15, -0.1) is 17.0 Å². The molecule has 0 aliphatic carbocycles. The van der Waals surface area contributed by atoms with Gasteiger partial charge >= 0.3 is 0 Å². The smallest absolute Gasteiger partial charge is 0.133 e. The quantitative estimate of drug-likeness (QED) is 0.621. The van der Waals surface area contributed by atoms with Gasteiger partial charge in [-0.1, -0.05) is 24.3 Å². The van der Waals surface area contributed by atoms with Crippen LogP contribution in [0.25, 0.3) is 0 Å². The first-order chi connectivity index (χ1) is 5.29. The average molecular weight is 232 g/mol. The third kappa shape index (κ3) is 1.38. The molecule has 12 heavy (non-hydrogen) atoms. The zero-order chi connectivity index (χ0) is 7.84. The van der Waals surface area contributed by atoms with Crippen molar-refractivity contribution in [3.05, 3.63) is 35.4 Å². The van der Waals surface area contributed by atoms with E-state index in [1.54, 1.807) is 12.1 Å². The highest BCUT2D eigenvalue weighted by Crippen LogP contribution is 2.28. The van der Waals surface area contributed by atoms with E-state index in [2.05, 4.69) is 5.32 Å². The molecule has 2 unspecified atom stereocenters. The van der Waals surface area contributed by atoms with Gasteiger partial charge in [-0.2, -0.15) is 0 Å². The lowest BCUT2D eigenvalue weighted by Gasteiger charge is -2.02. The van der Waals surface area contributed by atoms with Crippen molar-refractivity contribution in [2.45, 2.75) is 12.5 Å². The number of hydrogen-bond acceptors (Lipinski definition) is 3. The predicted octanol–water partition coefficient (Wildman–Crippen LogP) is 0.849. The Hall–Kier alpha value is -0.420. The number of hydrogen-bond donors (Lipinski definition) is 3. The van der Waals surface area contributed by atoms with Crippen molar-refractivity contribution in [2.75, 3.05) is 0 Å². The van der Waals surface area contributed by atoms with Crippen molar-refractivity contribution in [3.8, 4) is 0 Å². The van der Waals surface area contributed by atoms with Crippen LogP contribution in [0.4, 0.5) is 0 Å². The van der Waals surface area contributed by atoms with Gasteiger partial charge in [0.05, 0.1) is 0 Å². The predicted molar refractivity (Wildman–Crippen MR) is 49.8 cm³/mol. The van der Waals surface area contributed by atoms with Crippen LogP contribution in [-0.2, 0) is 0 Å². The topological polar surface area (TPSA) is 52.5 Å². The Morgan fingerprint density at radius 1 is 1.00 bits per heavy atom. The Bertz CT molecular complexity index is 253. The van der Waals surface area contributed by atoms with Crippen LogP contribution in [0, 0.1) is 0 Å². The molecule has 66 valence electrons. The van der Waals surface area contributed by atoms with E-state index in [-0.39, 0.29) is 17.0 Å². The van der Waals surface area contributed by atoms with Crippen LogP contribution >= 0.6 is 17.0 Å². The van der Waals surface area contributed by atoms with Gasteiger partial charge in [0.15, 0.2) is 0 Å². The summed E-state index contributed by atoms with van der Waals surface area (Å²) >= 11 is 0. The Morgan fingerprint density at radius 3 is 1.83 bits per heavy atom. The second kappa shape index (κ2) is 3.53. The molecule has 4 heteroatoms. The van der Waals surface area contributed by atoms with Crippen molar-refractivity contribution in [1.82, 2.24) is 5.32 Å². The maximum atomic E-state index is 9.28. The number of halogens is 1. The van der Waals surface area contributed by atoms with E-state index >= 15 is 0 Å². The Labute approximate surface area is 80.8 Å². The van der Waals surface area contributed by atoms with Crippen molar-refractivity contribution >= 4 is 17.0 Å².